The molecule has 0 bridgehead atoms. The molecule has 0 radical (unpaired) electrons. The Labute approximate surface area is 454 Å². The Balaban J connectivity index is 1.03. The van der Waals surface area contributed by atoms with Crippen LogP contribution in [-0.2, 0) is 10.8 Å². The Morgan fingerprint density at radius 1 is 0.218 bits per heavy atom. The summed E-state index contributed by atoms with van der Waals surface area (Å²) in [6.07, 6.45) is 0. The van der Waals surface area contributed by atoms with Gasteiger partial charge < -0.3 is 9.80 Å². The van der Waals surface area contributed by atoms with Crippen molar-refractivity contribution in [3.8, 4) is 22.3 Å². The van der Waals surface area contributed by atoms with Gasteiger partial charge in [0.1, 0.15) is 0 Å². The maximum atomic E-state index is 2.60. The number of hydrogen-bond acceptors (Lipinski definition) is 2. The van der Waals surface area contributed by atoms with E-state index >= 15 is 0 Å². The molecule has 2 unspecified atom stereocenters. The lowest BCUT2D eigenvalue weighted by molar-refractivity contribution is 0.376. The van der Waals surface area contributed by atoms with Gasteiger partial charge in [-0.25, -0.2) is 0 Å². The van der Waals surface area contributed by atoms with Crippen LogP contribution < -0.4 is 9.80 Å². The molecule has 0 spiro atoms. The van der Waals surface area contributed by atoms with Crippen LogP contribution in [0, 0.1) is 0 Å². The van der Waals surface area contributed by atoms with Crippen LogP contribution >= 0.6 is 0 Å². The predicted molar refractivity (Wildman–Crippen MR) is 331 cm³/mol. The lowest BCUT2D eigenvalue weighted by Crippen LogP contribution is -2.44. The van der Waals surface area contributed by atoms with Gasteiger partial charge in [0.05, 0.1) is 34.1 Å². The second kappa shape index (κ2) is 16.9. The molecule has 0 saturated heterocycles. The Kier molecular flexibility index (Phi) is 9.63. The monoisotopic (exact) mass is 992 g/mol. The minimum absolute atomic E-state index is 0.605. The third-order valence-corrected chi connectivity index (χ3v) is 18.1. The molecule has 2 heteroatoms. The highest BCUT2D eigenvalue weighted by Gasteiger charge is 2.58. The largest absolute Gasteiger partial charge is 0.309 e. The van der Waals surface area contributed by atoms with Crippen molar-refractivity contribution in [2.75, 3.05) is 9.80 Å². The fraction of sp³-hybridized carbons (Fsp3) is 0.0526. The van der Waals surface area contributed by atoms with Crippen molar-refractivity contribution < 1.29 is 0 Å². The van der Waals surface area contributed by atoms with Gasteiger partial charge in [-0.05, 0) is 113 Å². The topological polar surface area (TPSA) is 6.48 Å². The summed E-state index contributed by atoms with van der Waals surface area (Å²) in [5.41, 5.74) is 16.2. The van der Waals surface area contributed by atoms with E-state index in [1.807, 2.05) is 0 Å². The summed E-state index contributed by atoms with van der Waals surface area (Å²) in [7, 11) is 0. The molecular weight excluding hydrogens is 941 g/mol. The fourth-order valence-electron chi connectivity index (χ4n) is 14.5. The van der Waals surface area contributed by atoms with Crippen molar-refractivity contribution >= 4 is 98.8 Å². The molecule has 0 aromatic heterocycles. The molecule has 2 aliphatic rings. The summed E-state index contributed by atoms with van der Waals surface area (Å²) < 4.78 is 0. The Hall–Kier alpha value is -9.76. The molecule has 2 nitrogen and oxygen atoms in total. The van der Waals surface area contributed by atoms with Crippen LogP contribution in [0.2, 0.25) is 0 Å². The average Bonchev–Trinajstić information content (AvgIpc) is 3.31. The minimum Gasteiger partial charge on any atom is -0.309 e. The second-order valence-electron chi connectivity index (χ2n) is 21.7. The highest BCUT2D eigenvalue weighted by molar-refractivity contribution is 6.17. The summed E-state index contributed by atoms with van der Waals surface area (Å²) in [4.78, 5) is 5.15. The summed E-state index contributed by atoms with van der Waals surface area (Å²) in [6, 6.07) is 105. The Morgan fingerprint density at radius 3 is 0.808 bits per heavy atom. The maximum Gasteiger partial charge on any atom is 0.0544 e. The zero-order chi connectivity index (χ0) is 51.7. The lowest BCUT2D eigenvalue weighted by atomic mass is 9.56. The first-order chi connectivity index (χ1) is 38.5. The molecule has 78 heavy (non-hydrogen) atoms. The number of benzene rings is 14. The average molecular weight is 993 g/mol. The summed E-state index contributed by atoms with van der Waals surface area (Å²) in [6.45, 7) is 5.15. The van der Waals surface area contributed by atoms with Gasteiger partial charge in [-0.15, -0.1) is 0 Å². The number of nitrogens with zero attached hydrogens (tertiary/aromatic N) is 2. The minimum atomic E-state index is -0.605. The van der Waals surface area contributed by atoms with Gasteiger partial charge in [-0.2, -0.15) is 0 Å². The number of anilines is 6. The predicted octanol–water partition coefficient (Wildman–Crippen LogP) is 20.8. The van der Waals surface area contributed by atoms with Gasteiger partial charge in [0, 0.05) is 43.1 Å². The molecule has 366 valence electrons. The van der Waals surface area contributed by atoms with Crippen molar-refractivity contribution in [2.24, 2.45) is 0 Å². The van der Waals surface area contributed by atoms with Gasteiger partial charge >= 0.3 is 0 Å². The standard InChI is InChI=1S/C76H52N2/c1-75(63-41-17-15-39-61(63)73-59-37-13-11-35-57(59)71(47-65(73)75)77(67-43-19-27-49-23-3-7-31-53(49)67)68-44-20-28-50-24-4-8-32-54(50)68)76(2)64-42-18-16-40-62(64)74-60-38-14-12-36-58(60)72(48-66(74)76)78(69-45-21-29-51-25-5-9-33-55(51)69)70-46-22-30-52-26-6-10-34-56(52)70/h3-48H,1-2H3. The van der Waals surface area contributed by atoms with E-state index in [-0.39, 0.29) is 0 Å². The molecule has 14 aromatic carbocycles. The molecule has 16 rings (SSSR count). The first-order valence-corrected chi connectivity index (χ1v) is 27.3. The van der Waals surface area contributed by atoms with Crippen LogP contribution in [0.3, 0.4) is 0 Å². The van der Waals surface area contributed by atoms with Crippen LogP contribution in [0.15, 0.2) is 279 Å². The SMILES string of the molecule is CC1(C2(C)c3ccccc3-c3c2cc(N(c2cccc4ccccc24)c2cccc4ccccc24)c2ccccc32)c2ccccc2-c2c1cc(N(c1cccc3ccccc13)c1cccc3ccccc13)c1ccccc21. The van der Waals surface area contributed by atoms with E-state index in [9.17, 15) is 0 Å². The molecular formula is C76H52N2. The van der Waals surface area contributed by atoms with E-state index < -0.39 is 10.8 Å². The Bertz CT molecular complexity index is 4330. The molecule has 0 N–H and O–H groups in total. The highest BCUT2D eigenvalue weighted by atomic mass is 15.2. The van der Waals surface area contributed by atoms with Gasteiger partial charge in [0.25, 0.3) is 0 Å². The summed E-state index contributed by atoms with van der Waals surface area (Å²) in [5, 5.41) is 14.6. The zero-order valence-electron chi connectivity index (χ0n) is 43.5. The molecule has 2 atom stereocenters. The van der Waals surface area contributed by atoms with Gasteiger partial charge in [0.2, 0.25) is 0 Å². The molecule has 0 aliphatic heterocycles. The summed E-state index contributed by atoms with van der Waals surface area (Å²) >= 11 is 0. The van der Waals surface area contributed by atoms with E-state index in [1.54, 1.807) is 0 Å². The molecule has 0 fully saturated rings. The van der Waals surface area contributed by atoms with E-state index in [2.05, 4.69) is 303 Å². The second-order valence-corrected chi connectivity index (χ2v) is 21.7. The number of hydrogen-bond donors (Lipinski definition) is 0. The Morgan fingerprint density at radius 2 is 0.474 bits per heavy atom. The first kappa shape index (κ1) is 44.5. The zero-order valence-corrected chi connectivity index (χ0v) is 43.5. The van der Waals surface area contributed by atoms with Gasteiger partial charge in [-0.3, -0.25) is 0 Å². The molecule has 14 aromatic rings. The van der Waals surface area contributed by atoms with E-state index in [1.165, 1.54) is 109 Å². The van der Waals surface area contributed by atoms with Crippen LogP contribution in [0.5, 0.6) is 0 Å². The number of fused-ring (bicyclic) bond motifs is 14. The summed E-state index contributed by atoms with van der Waals surface area (Å²) in [5.74, 6) is 0. The third kappa shape index (κ3) is 6.09. The van der Waals surface area contributed by atoms with E-state index in [0.29, 0.717) is 0 Å². The van der Waals surface area contributed by atoms with E-state index in [0.717, 1.165) is 34.1 Å². The molecule has 0 heterocycles. The van der Waals surface area contributed by atoms with Crippen LogP contribution in [-0.4, -0.2) is 0 Å². The van der Waals surface area contributed by atoms with Crippen molar-refractivity contribution in [3.63, 3.8) is 0 Å². The van der Waals surface area contributed by atoms with Gasteiger partial charge in [-0.1, -0.05) is 257 Å². The van der Waals surface area contributed by atoms with Crippen molar-refractivity contribution in [1.82, 2.24) is 0 Å². The van der Waals surface area contributed by atoms with Crippen molar-refractivity contribution in [1.29, 1.82) is 0 Å². The van der Waals surface area contributed by atoms with Gasteiger partial charge in [0.15, 0.2) is 0 Å². The van der Waals surface area contributed by atoms with Crippen LogP contribution in [0.25, 0.3) is 86.9 Å². The normalized spacial score (nSPS) is 16.2. The molecule has 0 saturated carbocycles. The molecule has 2 aliphatic carbocycles. The van der Waals surface area contributed by atoms with E-state index in [4.69, 9.17) is 0 Å². The first-order valence-electron chi connectivity index (χ1n) is 27.3. The fourth-order valence-corrected chi connectivity index (χ4v) is 14.5. The highest BCUT2D eigenvalue weighted by Crippen LogP contribution is 2.68. The number of rotatable bonds is 7. The van der Waals surface area contributed by atoms with Crippen LogP contribution in [0.1, 0.15) is 36.1 Å². The lowest BCUT2D eigenvalue weighted by Gasteiger charge is -2.46. The molecule has 0 amide bonds. The quantitative estimate of drug-likeness (QED) is 0.157. The maximum absolute atomic E-state index is 2.60. The van der Waals surface area contributed by atoms with Crippen molar-refractivity contribution in [3.05, 3.63) is 301 Å². The van der Waals surface area contributed by atoms with Crippen molar-refractivity contribution in [2.45, 2.75) is 24.7 Å². The van der Waals surface area contributed by atoms with Crippen LogP contribution in [0.4, 0.5) is 34.1 Å². The third-order valence-electron chi connectivity index (χ3n) is 18.1. The smallest absolute Gasteiger partial charge is 0.0544 e.